The van der Waals surface area contributed by atoms with Crippen LogP contribution in [0.25, 0.3) is 5.57 Å². The van der Waals surface area contributed by atoms with Crippen molar-refractivity contribution in [3.63, 3.8) is 0 Å². The summed E-state index contributed by atoms with van der Waals surface area (Å²) in [6.07, 6.45) is 1.40. The monoisotopic (exact) mass is 306 g/mol. The fourth-order valence-corrected chi connectivity index (χ4v) is 3.04. The highest BCUT2D eigenvalue weighted by Crippen LogP contribution is 2.33. The molecule has 0 bridgehead atoms. The first-order valence-corrected chi connectivity index (χ1v) is 7.62. The van der Waals surface area contributed by atoms with E-state index in [1.165, 1.54) is 7.11 Å². The molecule has 0 spiro atoms. The van der Waals surface area contributed by atoms with Gasteiger partial charge in [-0.25, -0.2) is 0 Å². The number of rotatable bonds is 4. The van der Waals surface area contributed by atoms with Gasteiger partial charge in [-0.15, -0.1) is 0 Å². The lowest BCUT2D eigenvalue weighted by Crippen LogP contribution is -2.38. The van der Waals surface area contributed by atoms with Crippen molar-refractivity contribution in [1.29, 1.82) is 0 Å². The number of ether oxygens (including phenoxy) is 1. The standard InChI is InChI=1S/C20H18O3/c1-23-20-17(19(22)15-10-6-3-7-11-15)12-16(13-18(20)21)14-8-4-2-5-9-14/h2-11,13,17,20H,12H2,1H3/t17-,20-/m0/s1. The summed E-state index contributed by atoms with van der Waals surface area (Å²) in [7, 11) is 1.48. The molecule has 0 unspecified atom stereocenters. The molecular formula is C20H18O3. The summed E-state index contributed by atoms with van der Waals surface area (Å²) in [5.41, 5.74) is 2.47. The molecule has 0 N–H and O–H groups in total. The minimum atomic E-state index is -0.713. The van der Waals surface area contributed by atoms with Crippen LogP contribution in [0.5, 0.6) is 0 Å². The lowest BCUT2D eigenvalue weighted by molar-refractivity contribution is -0.126. The molecule has 3 heteroatoms. The molecular weight excluding hydrogens is 288 g/mol. The summed E-state index contributed by atoms with van der Waals surface area (Å²) >= 11 is 0. The summed E-state index contributed by atoms with van der Waals surface area (Å²) in [6.45, 7) is 0. The van der Waals surface area contributed by atoms with Crippen LogP contribution in [0.2, 0.25) is 0 Å². The molecule has 2 atom stereocenters. The van der Waals surface area contributed by atoms with E-state index in [0.29, 0.717) is 12.0 Å². The molecule has 3 nitrogen and oxygen atoms in total. The van der Waals surface area contributed by atoms with Crippen molar-refractivity contribution in [2.24, 2.45) is 5.92 Å². The van der Waals surface area contributed by atoms with Gasteiger partial charge in [0.15, 0.2) is 11.6 Å². The first-order valence-electron chi connectivity index (χ1n) is 7.62. The lowest BCUT2D eigenvalue weighted by Gasteiger charge is -2.28. The van der Waals surface area contributed by atoms with E-state index < -0.39 is 12.0 Å². The number of ketones is 2. The highest BCUT2D eigenvalue weighted by molar-refractivity contribution is 6.09. The Morgan fingerprint density at radius 1 is 1.00 bits per heavy atom. The number of methoxy groups -OCH3 is 1. The zero-order chi connectivity index (χ0) is 16.2. The molecule has 0 heterocycles. The molecule has 23 heavy (non-hydrogen) atoms. The first-order chi connectivity index (χ1) is 11.2. The van der Waals surface area contributed by atoms with Crippen molar-refractivity contribution in [3.05, 3.63) is 77.9 Å². The summed E-state index contributed by atoms with van der Waals surface area (Å²) in [5, 5.41) is 0. The molecule has 1 aliphatic carbocycles. The molecule has 0 amide bonds. The second-order valence-electron chi connectivity index (χ2n) is 5.64. The molecule has 2 aromatic rings. The fourth-order valence-electron chi connectivity index (χ4n) is 3.04. The number of Topliss-reactive ketones (excluding diaryl/α,β-unsaturated/α-hetero) is 1. The Morgan fingerprint density at radius 2 is 1.61 bits per heavy atom. The Bertz CT molecular complexity index is 732. The van der Waals surface area contributed by atoms with Crippen molar-refractivity contribution < 1.29 is 14.3 Å². The second-order valence-corrected chi connectivity index (χ2v) is 5.64. The first kappa shape index (κ1) is 15.4. The van der Waals surface area contributed by atoms with E-state index in [1.807, 2.05) is 48.5 Å². The normalized spacial score (nSPS) is 20.9. The molecule has 0 saturated heterocycles. The van der Waals surface area contributed by atoms with Gasteiger partial charge >= 0.3 is 0 Å². The quantitative estimate of drug-likeness (QED) is 0.811. The Morgan fingerprint density at radius 3 is 2.22 bits per heavy atom. The van der Waals surface area contributed by atoms with Crippen LogP contribution in [-0.4, -0.2) is 24.8 Å². The Balaban J connectivity index is 1.95. The minimum Gasteiger partial charge on any atom is -0.373 e. The SMILES string of the molecule is CO[C@@H]1C(=O)C=C(c2ccccc2)C[C@H]1C(=O)c1ccccc1. The average Bonchev–Trinajstić information content (AvgIpc) is 2.62. The van der Waals surface area contributed by atoms with Crippen molar-refractivity contribution >= 4 is 17.1 Å². The predicted molar refractivity (Wildman–Crippen MR) is 89.1 cm³/mol. The molecule has 0 aromatic heterocycles. The Hall–Kier alpha value is -2.52. The highest BCUT2D eigenvalue weighted by atomic mass is 16.5. The number of allylic oxidation sites excluding steroid dienone is 1. The zero-order valence-corrected chi connectivity index (χ0v) is 12.9. The summed E-state index contributed by atoms with van der Waals surface area (Å²) in [4.78, 5) is 25.2. The third-order valence-corrected chi connectivity index (χ3v) is 4.20. The average molecular weight is 306 g/mol. The molecule has 0 fully saturated rings. The van der Waals surface area contributed by atoms with Crippen molar-refractivity contribution in [2.45, 2.75) is 12.5 Å². The predicted octanol–water partition coefficient (Wildman–Crippen LogP) is 3.56. The maximum Gasteiger partial charge on any atom is 0.185 e. The third kappa shape index (κ3) is 3.15. The van der Waals surface area contributed by atoms with Gasteiger partial charge in [-0.2, -0.15) is 0 Å². The van der Waals surface area contributed by atoms with Crippen LogP contribution in [-0.2, 0) is 9.53 Å². The minimum absolute atomic E-state index is 0.0488. The maximum atomic E-state index is 12.8. The number of benzene rings is 2. The molecule has 0 radical (unpaired) electrons. The van der Waals surface area contributed by atoms with Gasteiger partial charge in [-0.05, 0) is 23.6 Å². The summed E-state index contributed by atoms with van der Waals surface area (Å²) in [6, 6.07) is 18.8. The maximum absolute atomic E-state index is 12.8. The van der Waals surface area contributed by atoms with Gasteiger partial charge in [0.05, 0.1) is 5.92 Å². The Kier molecular flexibility index (Phi) is 4.49. The molecule has 3 rings (SSSR count). The van der Waals surface area contributed by atoms with Crippen LogP contribution in [0, 0.1) is 5.92 Å². The number of hydrogen-bond acceptors (Lipinski definition) is 3. The van der Waals surface area contributed by atoms with E-state index in [9.17, 15) is 9.59 Å². The molecule has 1 aliphatic rings. The fraction of sp³-hybridized carbons (Fsp3) is 0.200. The van der Waals surface area contributed by atoms with E-state index in [0.717, 1.165) is 11.1 Å². The van der Waals surface area contributed by atoms with Gasteiger partial charge in [-0.3, -0.25) is 9.59 Å². The van der Waals surface area contributed by atoms with Crippen LogP contribution in [0.15, 0.2) is 66.7 Å². The summed E-state index contributed by atoms with van der Waals surface area (Å²) < 4.78 is 5.33. The van der Waals surface area contributed by atoms with Crippen molar-refractivity contribution in [3.8, 4) is 0 Å². The van der Waals surface area contributed by atoms with E-state index in [-0.39, 0.29) is 11.6 Å². The van der Waals surface area contributed by atoms with Crippen molar-refractivity contribution in [1.82, 2.24) is 0 Å². The second kappa shape index (κ2) is 6.71. The van der Waals surface area contributed by atoms with Crippen LogP contribution in [0.4, 0.5) is 0 Å². The topological polar surface area (TPSA) is 43.4 Å². The highest BCUT2D eigenvalue weighted by Gasteiger charge is 2.37. The van der Waals surface area contributed by atoms with Gasteiger partial charge in [0.25, 0.3) is 0 Å². The van der Waals surface area contributed by atoms with Crippen LogP contribution in [0.3, 0.4) is 0 Å². The van der Waals surface area contributed by atoms with Crippen LogP contribution >= 0.6 is 0 Å². The lowest BCUT2D eigenvalue weighted by atomic mass is 9.79. The van der Waals surface area contributed by atoms with E-state index in [2.05, 4.69) is 0 Å². The third-order valence-electron chi connectivity index (χ3n) is 4.20. The molecule has 0 saturated carbocycles. The number of carbonyl (C=O) groups is 2. The van der Waals surface area contributed by atoms with Gasteiger partial charge < -0.3 is 4.74 Å². The van der Waals surface area contributed by atoms with Crippen LogP contribution < -0.4 is 0 Å². The van der Waals surface area contributed by atoms with Gasteiger partial charge in [0.1, 0.15) is 6.10 Å². The van der Waals surface area contributed by atoms with E-state index >= 15 is 0 Å². The molecule has 2 aromatic carbocycles. The smallest absolute Gasteiger partial charge is 0.185 e. The zero-order valence-electron chi connectivity index (χ0n) is 12.9. The van der Waals surface area contributed by atoms with Gasteiger partial charge in [-0.1, -0.05) is 60.7 Å². The number of hydrogen-bond donors (Lipinski definition) is 0. The Labute approximate surface area is 135 Å². The van der Waals surface area contributed by atoms with Gasteiger partial charge in [0, 0.05) is 12.7 Å². The summed E-state index contributed by atoms with van der Waals surface area (Å²) in [5.74, 6) is -0.686. The number of carbonyl (C=O) groups excluding carboxylic acids is 2. The largest absolute Gasteiger partial charge is 0.373 e. The molecule has 116 valence electrons. The van der Waals surface area contributed by atoms with Crippen LogP contribution in [0.1, 0.15) is 22.3 Å². The van der Waals surface area contributed by atoms with E-state index in [1.54, 1.807) is 18.2 Å². The van der Waals surface area contributed by atoms with Crippen molar-refractivity contribution in [2.75, 3.05) is 7.11 Å². The molecule has 0 aliphatic heterocycles. The van der Waals surface area contributed by atoms with Gasteiger partial charge in [0.2, 0.25) is 0 Å². The van der Waals surface area contributed by atoms with E-state index in [4.69, 9.17) is 4.74 Å².